The van der Waals surface area contributed by atoms with Crippen molar-refractivity contribution in [3.8, 4) is 0 Å². The number of rotatable bonds is 1. The van der Waals surface area contributed by atoms with E-state index in [4.69, 9.17) is 0 Å². The molecular formula is C26H32Cl2SiZr-2. The van der Waals surface area contributed by atoms with Crippen LogP contribution in [0.15, 0.2) is 60.7 Å². The molecule has 4 aromatic carbocycles. The molecule has 160 valence electrons. The van der Waals surface area contributed by atoms with E-state index in [0.717, 1.165) is 5.54 Å². The second kappa shape index (κ2) is 13.7. The van der Waals surface area contributed by atoms with E-state index in [-0.39, 0.29) is 30.2 Å². The van der Waals surface area contributed by atoms with E-state index >= 15 is 0 Å². The molecule has 0 amide bonds. The van der Waals surface area contributed by atoms with Gasteiger partial charge < -0.3 is 24.8 Å². The first kappa shape index (κ1) is 29.3. The van der Waals surface area contributed by atoms with Crippen molar-refractivity contribution in [2.75, 3.05) is 0 Å². The van der Waals surface area contributed by atoms with Gasteiger partial charge in [0.25, 0.3) is 0 Å². The number of hydrogen-bond acceptors (Lipinski definition) is 0. The molecule has 0 saturated carbocycles. The molecular weight excluding hydrogens is 503 g/mol. The average molecular weight is 535 g/mol. The van der Waals surface area contributed by atoms with Crippen LogP contribution in [-0.4, -0.2) is 5.43 Å². The molecule has 0 N–H and O–H groups in total. The number of fused-ring (bicyclic) bond motifs is 2. The van der Waals surface area contributed by atoms with Crippen LogP contribution in [-0.2, 0) is 23.3 Å². The van der Waals surface area contributed by atoms with Gasteiger partial charge in [-0.2, -0.15) is 12.1 Å². The zero-order valence-electron chi connectivity index (χ0n) is 19.1. The number of aryl methyl sites for hydroxylation is 4. The van der Waals surface area contributed by atoms with Gasteiger partial charge in [-0.15, -0.1) is 69.1 Å². The quantitative estimate of drug-likeness (QED) is 0.259. The minimum absolute atomic E-state index is 0. The van der Waals surface area contributed by atoms with E-state index in [1.807, 2.05) is 0 Å². The standard InChI is InChI=1S/2C11H11.C4H10Si.2ClH.Zr/c2*1-8-6-10-5-3-4-9(2)11(10)7-8;1-4(2)5-3;;;/h2*3-7H,1-2H3;4H,1-3H3;2*1H;/q2*-1;;;;+2/p-2. The summed E-state index contributed by atoms with van der Waals surface area (Å²) in [5.41, 5.74) is 6.59. The van der Waals surface area contributed by atoms with Gasteiger partial charge in [0.1, 0.15) is 0 Å². The van der Waals surface area contributed by atoms with Gasteiger partial charge in [-0.3, -0.25) is 0 Å². The van der Waals surface area contributed by atoms with E-state index in [1.165, 1.54) is 43.8 Å². The van der Waals surface area contributed by atoms with Crippen LogP contribution in [0, 0.1) is 27.7 Å². The van der Waals surface area contributed by atoms with Crippen molar-refractivity contribution in [2.45, 2.75) is 53.6 Å². The molecule has 0 aliphatic rings. The maximum atomic E-state index is 2.38. The Morgan fingerprint density at radius 2 is 1.07 bits per heavy atom. The fourth-order valence-electron chi connectivity index (χ4n) is 3.08. The van der Waals surface area contributed by atoms with Crippen molar-refractivity contribution in [1.29, 1.82) is 0 Å². The van der Waals surface area contributed by atoms with Crippen LogP contribution in [0.4, 0.5) is 0 Å². The average Bonchev–Trinajstić information content (AvgIpc) is 3.19. The van der Waals surface area contributed by atoms with Gasteiger partial charge in [0, 0.05) is 0 Å². The summed E-state index contributed by atoms with van der Waals surface area (Å²) < 4.78 is 0. The minimum Gasteiger partial charge on any atom is -1.00 e. The summed E-state index contributed by atoms with van der Waals surface area (Å²) in [5.74, 6) is 0. The summed E-state index contributed by atoms with van der Waals surface area (Å²) in [5, 5.41) is 5.51. The monoisotopic (exact) mass is 532 g/mol. The Balaban J connectivity index is 0.000000427. The maximum Gasteiger partial charge on any atom is -0.0488 e. The largest absolute Gasteiger partial charge is 1.00 e. The third-order valence-corrected chi connectivity index (χ3v) is 11.1. The van der Waals surface area contributed by atoms with Gasteiger partial charge in [-0.25, -0.2) is 0 Å². The molecule has 4 heteroatoms. The topological polar surface area (TPSA) is 0 Å². The van der Waals surface area contributed by atoms with Crippen LogP contribution in [0.3, 0.4) is 0 Å². The summed E-state index contributed by atoms with van der Waals surface area (Å²) in [6.45, 7) is 15.6. The summed E-state index contributed by atoms with van der Waals surface area (Å²) in [4.78, 5) is 0. The van der Waals surface area contributed by atoms with Gasteiger partial charge in [0.15, 0.2) is 0 Å². The van der Waals surface area contributed by atoms with Gasteiger partial charge in [-0.05, 0) is 13.8 Å². The van der Waals surface area contributed by atoms with Gasteiger partial charge in [0.05, 0.1) is 0 Å². The van der Waals surface area contributed by atoms with E-state index in [1.54, 1.807) is 23.3 Å². The molecule has 0 spiro atoms. The molecule has 0 aromatic heterocycles. The molecule has 30 heavy (non-hydrogen) atoms. The molecule has 0 nitrogen and oxygen atoms in total. The Labute approximate surface area is 210 Å². The Morgan fingerprint density at radius 3 is 1.33 bits per heavy atom. The van der Waals surface area contributed by atoms with Crippen molar-refractivity contribution in [2.24, 2.45) is 0 Å². The van der Waals surface area contributed by atoms with Crippen molar-refractivity contribution < 1.29 is 48.1 Å². The predicted molar refractivity (Wildman–Crippen MR) is 125 cm³/mol. The van der Waals surface area contributed by atoms with Crippen molar-refractivity contribution in [1.82, 2.24) is 0 Å². The minimum atomic E-state index is 0. The van der Waals surface area contributed by atoms with Crippen LogP contribution < -0.4 is 24.8 Å². The molecule has 0 saturated heterocycles. The summed E-state index contributed by atoms with van der Waals surface area (Å²) in [6.07, 6.45) is 0. The summed E-state index contributed by atoms with van der Waals surface area (Å²) in [6, 6.07) is 21.8. The Kier molecular flexibility index (Phi) is 13.4. The molecule has 0 atom stereocenters. The van der Waals surface area contributed by atoms with E-state index in [2.05, 4.69) is 109 Å². The van der Waals surface area contributed by atoms with E-state index in [9.17, 15) is 0 Å². The zero-order valence-corrected chi connectivity index (χ0v) is 24.1. The molecule has 0 aliphatic carbocycles. The zero-order chi connectivity index (χ0) is 20.8. The number of benzene rings is 2. The van der Waals surface area contributed by atoms with Crippen LogP contribution in [0.25, 0.3) is 21.5 Å². The molecule has 0 aliphatic heterocycles. The first-order chi connectivity index (χ1) is 13.2. The number of hydrogen-bond donors (Lipinski definition) is 0. The third kappa shape index (κ3) is 8.46. The van der Waals surface area contributed by atoms with Crippen LogP contribution in [0.1, 0.15) is 36.1 Å². The molecule has 4 aromatic rings. The first-order valence-corrected chi connectivity index (χ1v) is 15.8. The van der Waals surface area contributed by atoms with Gasteiger partial charge >= 0.3 is 54.7 Å². The van der Waals surface area contributed by atoms with Crippen molar-refractivity contribution >= 4 is 27.0 Å². The third-order valence-electron chi connectivity index (χ3n) is 5.09. The first-order valence-electron chi connectivity index (χ1n) is 9.99. The van der Waals surface area contributed by atoms with Gasteiger partial charge in [-0.1, -0.05) is 37.1 Å². The smallest absolute Gasteiger partial charge is 0.0488 e. The summed E-state index contributed by atoms with van der Waals surface area (Å²) >= 11 is 1.77. The van der Waals surface area contributed by atoms with Crippen molar-refractivity contribution in [3.05, 3.63) is 82.9 Å². The number of halogens is 2. The normalized spacial score (nSPS) is 9.80. The fraction of sp³-hybridized carbons (Fsp3) is 0.308. The predicted octanol–water partition coefficient (Wildman–Crippen LogP) is 1.92. The molecule has 0 fully saturated rings. The Bertz CT molecular complexity index is 995. The fourth-order valence-corrected chi connectivity index (χ4v) is 3.08. The molecule has 4 rings (SSSR count). The van der Waals surface area contributed by atoms with Crippen LogP contribution in [0.5, 0.6) is 0 Å². The molecule has 0 bridgehead atoms. The van der Waals surface area contributed by atoms with Crippen LogP contribution in [0.2, 0.25) is 12.1 Å². The van der Waals surface area contributed by atoms with Crippen molar-refractivity contribution in [3.63, 3.8) is 0 Å². The Morgan fingerprint density at radius 1 is 0.733 bits per heavy atom. The second-order valence-corrected chi connectivity index (χ2v) is 16.4. The van der Waals surface area contributed by atoms with E-state index in [0.29, 0.717) is 0 Å². The van der Waals surface area contributed by atoms with E-state index < -0.39 is 0 Å². The van der Waals surface area contributed by atoms with Crippen LogP contribution >= 0.6 is 0 Å². The maximum absolute atomic E-state index is 2.38. The Hall–Kier alpha value is -0.660. The SMILES string of the molecule is CC(C)[Si](C)=[Zr+2].Cc1cc2c(C)cccc2[cH-]1.Cc1cc2c(C)cccc2[cH-]1.[Cl-].[Cl-]. The summed E-state index contributed by atoms with van der Waals surface area (Å²) in [7, 11) is 0. The molecule has 0 unspecified atom stereocenters. The molecule has 0 radical (unpaired) electrons. The second-order valence-electron chi connectivity index (χ2n) is 8.06. The molecule has 0 heterocycles. The van der Waals surface area contributed by atoms with Gasteiger partial charge in [0.2, 0.25) is 0 Å².